The summed E-state index contributed by atoms with van der Waals surface area (Å²) in [4.78, 5) is 6.53. The van der Waals surface area contributed by atoms with Crippen LogP contribution < -0.4 is 4.90 Å². The zero-order chi connectivity index (χ0) is 11.4. The van der Waals surface area contributed by atoms with Gasteiger partial charge in [-0.05, 0) is 47.8 Å². The van der Waals surface area contributed by atoms with Crippen LogP contribution in [-0.4, -0.2) is 24.0 Å². The van der Waals surface area contributed by atoms with Crippen LogP contribution in [0.2, 0.25) is 0 Å². The first-order valence-electron chi connectivity index (χ1n) is 4.98. The summed E-state index contributed by atoms with van der Waals surface area (Å²) < 4.78 is 1.02. The average Bonchev–Trinajstić information content (AvgIpc) is 2.14. The Labute approximate surface area is 105 Å². The molecule has 0 N–H and O–H groups in total. The quantitative estimate of drug-likeness (QED) is 0.788. The van der Waals surface area contributed by atoms with Gasteiger partial charge in [0.2, 0.25) is 0 Å². The molecule has 0 radical (unpaired) electrons. The molecule has 0 fully saturated rings. The van der Waals surface area contributed by atoms with Gasteiger partial charge < -0.3 is 4.90 Å². The third kappa shape index (κ3) is 3.99. The third-order valence-corrected chi connectivity index (χ3v) is 2.89. The van der Waals surface area contributed by atoms with E-state index >= 15 is 0 Å². The molecule has 1 heterocycles. The maximum atomic E-state index is 5.92. The summed E-state index contributed by atoms with van der Waals surface area (Å²) >= 11 is 9.33. The molecule has 0 aromatic carbocycles. The number of pyridine rings is 1. The van der Waals surface area contributed by atoms with E-state index in [2.05, 4.69) is 38.8 Å². The van der Waals surface area contributed by atoms with E-state index in [0.29, 0.717) is 0 Å². The van der Waals surface area contributed by atoms with Gasteiger partial charge >= 0.3 is 0 Å². The smallest absolute Gasteiger partial charge is 0.131 e. The summed E-state index contributed by atoms with van der Waals surface area (Å²) in [5, 5.41) is 0.211. The number of aromatic nitrogens is 1. The first-order valence-corrected chi connectivity index (χ1v) is 6.21. The highest BCUT2D eigenvalue weighted by Crippen LogP contribution is 2.20. The zero-order valence-corrected chi connectivity index (χ0v) is 11.6. The molecule has 1 aromatic rings. The van der Waals surface area contributed by atoms with Gasteiger partial charge in [-0.1, -0.05) is 0 Å². The zero-order valence-electron chi connectivity index (χ0n) is 9.30. The number of halogens is 2. The number of alkyl halides is 1. The van der Waals surface area contributed by atoms with Gasteiger partial charge in [-0.2, -0.15) is 0 Å². The number of hydrogen-bond acceptors (Lipinski definition) is 2. The topological polar surface area (TPSA) is 16.1 Å². The molecule has 0 saturated heterocycles. The predicted molar refractivity (Wildman–Crippen MR) is 69.9 cm³/mol. The van der Waals surface area contributed by atoms with Crippen molar-refractivity contribution < 1.29 is 0 Å². The second-order valence-corrected chi connectivity index (χ2v) is 5.45. The Morgan fingerprint density at radius 2 is 2.27 bits per heavy atom. The number of anilines is 1. The van der Waals surface area contributed by atoms with E-state index < -0.39 is 0 Å². The lowest BCUT2D eigenvalue weighted by molar-refractivity contribution is 0.763. The summed E-state index contributed by atoms with van der Waals surface area (Å²) in [6.07, 6.45) is 2.79. The SMILES string of the molecule is Cc1cc(Br)cnc1N(C)CCC(C)Cl. The molecule has 1 unspecified atom stereocenters. The molecule has 0 aliphatic rings. The molecule has 4 heteroatoms. The molecule has 0 saturated carbocycles. The minimum absolute atomic E-state index is 0.211. The molecule has 0 aliphatic carbocycles. The molecule has 2 nitrogen and oxygen atoms in total. The average molecular weight is 292 g/mol. The maximum absolute atomic E-state index is 5.92. The van der Waals surface area contributed by atoms with E-state index in [1.54, 1.807) is 0 Å². The van der Waals surface area contributed by atoms with Gasteiger partial charge in [-0.3, -0.25) is 0 Å². The van der Waals surface area contributed by atoms with Gasteiger partial charge in [0.25, 0.3) is 0 Å². The van der Waals surface area contributed by atoms with Crippen LogP contribution in [0, 0.1) is 6.92 Å². The van der Waals surface area contributed by atoms with Gasteiger partial charge in [0, 0.05) is 29.6 Å². The van der Waals surface area contributed by atoms with Gasteiger partial charge in [0.15, 0.2) is 0 Å². The van der Waals surface area contributed by atoms with Crippen LogP contribution >= 0.6 is 27.5 Å². The second kappa shape index (κ2) is 5.71. The van der Waals surface area contributed by atoms with Crippen molar-refractivity contribution >= 4 is 33.3 Å². The van der Waals surface area contributed by atoms with Crippen LogP contribution in [0.4, 0.5) is 5.82 Å². The van der Waals surface area contributed by atoms with Crippen LogP contribution in [-0.2, 0) is 0 Å². The first-order chi connectivity index (χ1) is 7.00. The highest BCUT2D eigenvalue weighted by atomic mass is 79.9. The maximum Gasteiger partial charge on any atom is 0.131 e. The fourth-order valence-electron chi connectivity index (χ4n) is 1.41. The van der Waals surface area contributed by atoms with E-state index in [-0.39, 0.29) is 5.38 Å². The molecule has 1 atom stereocenters. The fourth-order valence-corrected chi connectivity index (χ4v) is 1.95. The molecule has 0 amide bonds. The minimum Gasteiger partial charge on any atom is -0.359 e. The summed E-state index contributed by atoms with van der Waals surface area (Å²) in [7, 11) is 2.04. The lowest BCUT2D eigenvalue weighted by atomic mass is 10.2. The summed E-state index contributed by atoms with van der Waals surface area (Å²) in [6.45, 7) is 5.01. The Morgan fingerprint density at radius 1 is 1.60 bits per heavy atom. The van der Waals surface area contributed by atoms with E-state index in [1.807, 2.05) is 20.2 Å². The van der Waals surface area contributed by atoms with Crippen molar-refractivity contribution in [1.29, 1.82) is 0 Å². The number of nitrogens with zero attached hydrogens (tertiary/aromatic N) is 2. The van der Waals surface area contributed by atoms with Crippen molar-refractivity contribution in [3.63, 3.8) is 0 Å². The van der Waals surface area contributed by atoms with Gasteiger partial charge in [-0.25, -0.2) is 4.98 Å². The molecule has 1 aromatic heterocycles. The molecule has 0 aliphatic heterocycles. The van der Waals surface area contributed by atoms with Gasteiger partial charge in [-0.15, -0.1) is 11.6 Å². The monoisotopic (exact) mass is 290 g/mol. The number of aryl methyl sites for hydroxylation is 1. The second-order valence-electron chi connectivity index (χ2n) is 3.79. The number of hydrogen-bond donors (Lipinski definition) is 0. The molecular formula is C11H16BrClN2. The molecule has 15 heavy (non-hydrogen) atoms. The van der Waals surface area contributed by atoms with E-state index in [0.717, 1.165) is 23.3 Å². The van der Waals surface area contributed by atoms with Gasteiger partial charge in [0.05, 0.1) is 0 Å². The Bertz CT molecular complexity index is 328. The Balaban J connectivity index is 2.69. The van der Waals surface area contributed by atoms with Crippen LogP contribution in [0.1, 0.15) is 18.9 Å². The summed E-state index contributed by atoms with van der Waals surface area (Å²) in [5.41, 5.74) is 1.18. The minimum atomic E-state index is 0.211. The Morgan fingerprint density at radius 3 is 2.80 bits per heavy atom. The highest BCUT2D eigenvalue weighted by molar-refractivity contribution is 9.10. The molecule has 0 spiro atoms. The number of rotatable bonds is 4. The van der Waals surface area contributed by atoms with E-state index in [4.69, 9.17) is 11.6 Å². The standard InChI is InChI=1S/C11H16BrClN2/c1-8-6-10(12)7-14-11(8)15(3)5-4-9(2)13/h6-7,9H,4-5H2,1-3H3. The summed E-state index contributed by atoms with van der Waals surface area (Å²) in [6, 6.07) is 2.07. The largest absolute Gasteiger partial charge is 0.359 e. The Hall–Kier alpha value is -0.280. The van der Waals surface area contributed by atoms with Crippen LogP contribution in [0.15, 0.2) is 16.7 Å². The predicted octanol–water partition coefficient (Wildman–Crippen LogP) is 3.61. The van der Waals surface area contributed by atoms with Crippen molar-refractivity contribution in [2.75, 3.05) is 18.5 Å². The highest BCUT2D eigenvalue weighted by Gasteiger charge is 2.07. The third-order valence-electron chi connectivity index (χ3n) is 2.24. The fraction of sp³-hybridized carbons (Fsp3) is 0.545. The molecule has 0 bridgehead atoms. The van der Waals surface area contributed by atoms with Crippen molar-refractivity contribution in [1.82, 2.24) is 4.98 Å². The lowest BCUT2D eigenvalue weighted by Crippen LogP contribution is -2.22. The van der Waals surface area contributed by atoms with E-state index in [9.17, 15) is 0 Å². The van der Waals surface area contributed by atoms with Crippen molar-refractivity contribution in [2.24, 2.45) is 0 Å². The van der Waals surface area contributed by atoms with Crippen molar-refractivity contribution in [2.45, 2.75) is 25.6 Å². The van der Waals surface area contributed by atoms with Crippen LogP contribution in [0.25, 0.3) is 0 Å². The van der Waals surface area contributed by atoms with E-state index in [1.165, 1.54) is 5.56 Å². The van der Waals surface area contributed by atoms with Crippen LogP contribution in [0.5, 0.6) is 0 Å². The van der Waals surface area contributed by atoms with Gasteiger partial charge in [0.1, 0.15) is 5.82 Å². The molecular weight excluding hydrogens is 275 g/mol. The molecule has 1 rings (SSSR count). The Kier molecular flexibility index (Phi) is 4.87. The molecule has 84 valence electrons. The van der Waals surface area contributed by atoms with Crippen molar-refractivity contribution in [3.8, 4) is 0 Å². The summed E-state index contributed by atoms with van der Waals surface area (Å²) in [5.74, 6) is 1.02. The first kappa shape index (κ1) is 12.8. The van der Waals surface area contributed by atoms with Crippen molar-refractivity contribution in [3.05, 3.63) is 22.3 Å². The lowest BCUT2D eigenvalue weighted by Gasteiger charge is -2.20. The van der Waals surface area contributed by atoms with Crippen LogP contribution in [0.3, 0.4) is 0 Å². The normalized spacial score (nSPS) is 12.6.